The quantitative estimate of drug-likeness (QED) is 0.576. The fourth-order valence-corrected chi connectivity index (χ4v) is 1.19. The molecule has 0 bridgehead atoms. The molecule has 5 heteroatoms. The van der Waals surface area contributed by atoms with Crippen LogP contribution in [0, 0.1) is 0 Å². The molecule has 0 spiro atoms. The van der Waals surface area contributed by atoms with Crippen molar-refractivity contribution in [2.45, 2.75) is 18.6 Å². The Balaban J connectivity index is 2.73. The van der Waals surface area contributed by atoms with Crippen molar-refractivity contribution >= 4 is 6.29 Å². The van der Waals surface area contributed by atoms with Crippen molar-refractivity contribution < 1.29 is 15.0 Å². The monoisotopic (exact) mass is 210 g/mol. The van der Waals surface area contributed by atoms with Crippen molar-refractivity contribution in [1.29, 1.82) is 0 Å². The van der Waals surface area contributed by atoms with E-state index in [-0.39, 0.29) is 0 Å². The minimum atomic E-state index is -1.06. The number of hydrogen-bond donors (Lipinski definition) is 3. The Labute approximate surface area is 87.6 Å². The first-order valence-electron chi connectivity index (χ1n) is 4.66. The van der Waals surface area contributed by atoms with E-state index in [2.05, 4.69) is 4.98 Å². The third-order valence-corrected chi connectivity index (χ3v) is 2.08. The zero-order valence-corrected chi connectivity index (χ0v) is 8.21. The van der Waals surface area contributed by atoms with Gasteiger partial charge in [-0.05, 0) is 25.1 Å². The summed E-state index contributed by atoms with van der Waals surface area (Å²) in [6, 6.07) is 3.04. The van der Waals surface area contributed by atoms with Gasteiger partial charge < -0.3 is 15.9 Å². The lowest BCUT2D eigenvalue weighted by molar-refractivity contribution is 0.0125. The molecule has 0 aliphatic heterocycles. The number of aromatic nitrogens is 1. The van der Waals surface area contributed by atoms with Gasteiger partial charge in [-0.15, -0.1) is 0 Å². The second kappa shape index (κ2) is 5.55. The molecule has 15 heavy (non-hydrogen) atoms. The van der Waals surface area contributed by atoms with Gasteiger partial charge in [-0.25, -0.2) is 0 Å². The van der Waals surface area contributed by atoms with Gasteiger partial charge in [0.15, 0.2) is 6.29 Å². The first-order valence-corrected chi connectivity index (χ1v) is 4.66. The molecule has 5 nitrogen and oxygen atoms in total. The van der Waals surface area contributed by atoms with Gasteiger partial charge in [-0.1, -0.05) is 0 Å². The molecule has 1 rings (SSSR count). The van der Waals surface area contributed by atoms with Gasteiger partial charge in [0.1, 0.15) is 6.10 Å². The number of nitrogens with two attached hydrogens (primary N) is 1. The highest BCUT2D eigenvalue weighted by Crippen LogP contribution is 2.16. The number of aliphatic hydroxyl groups excluding tert-OH is 2. The zero-order chi connectivity index (χ0) is 11.3. The predicted octanol–water partition coefficient (Wildman–Crippen LogP) is -0.363. The fraction of sp³-hybridized carbons (Fsp3) is 0.400. The van der Waals surface area contributed by atoms with Crippen LogP contribution in [0.2, 0.25) is 0 Å². The van der Waals surface area contributed by atoms with Crippen molar-refractivity contribution in [1.82, 2.24) is 4.98 Å². The minimum absolute atomic E-state index is 0.296. The van der Waals surface area contributed by atoms with Gasteiger partial charge in [-0.2, -0.15) is 0 Å². The summed E-state index contributed by atoms with van der Waals surface area (Å²) >= 11 is 0. The lowest BCUT2D eigenvalue weighted by Gasteiger charge is -2.16. The summed E-state index contributed by atoms with van der Waals surface area (Å²) in [6.07, 6.45) is 0.331. The van der Waals surface area contributed by atoms with Crippen LogP contribution in [0.1, 0.15) is 28.6 Å². The van der Waals surface area contributed by atoms with E-state index in [1.165, 1.54) is 18.3 Å². The van der Waals surface area contributed by atoms with Crippen LogP contribution in [0.5, 0.6) is 0 Å². The lowest BCUT2D eigenvalue weighted by Crippen LogP contribution is -2.22. The van der Waals surface area contributed by atoms with Crippen molar-refractivity contribution in [2.24, 2.45) is 5.73 Å². The van der Waals surface area contributed by atoms with Crippen LogP contribution in [0.4, 0.5) is 0 Å². The highest BCUT2D eigenvalue weighted by Gasteiger charge is 2.18. The molecule has 82 valence electrons. The van der Waals surface area contributed by atoms with Crippen molar-refractivity contribution in [3.8, 4) is 0 Å². The zero-order valence-electron chi connectivity index (χ0n) is 8.21. The molecule has 0 aliphatic rings. The molecule has 4 N–H and O–H groups in total. The molecule has 1 aromatic rings. The van der Waals surface area contributed by atoms with Crippen LogP contribution in [0.25, 0.3) is 0 Å². The minimum Gasteiger partial charge on any atom is -0.390 e. The highest BCUT2D eigenvalue weighted by molar-refractivity contribution is 5.73. The normalized spacial score (nSPS) is 14.6. The van der Waals surface area contributed by atoms with E-state index in [4.69, 9.17) is 5.73 Å². The van der Waals surface area contributed by atoms with E-state index >= 15 is 0 Å². The number of carbonyl (C=O) groups is 1. The largest absolute Gasteiger partial charge is 0.390 e. The van der Waals surface area contributed by atoms with E-state index < -0.39 is 12.2 Å². The summed E-state index contributed by atoms with van der Waals surface area (Å²) < 4.78 is 0. The summed E-state index contributed by atoms with van der Waals surface area (Å²) in [4.78, 5) is 14.2. The molecule has 0 amide bonds. The number of rotatable bonds is 5. The molecule has 1 heterocycles. The number of nitrogens with zero attached hydrogens (tertiary/aromatic N) is 1. The van der Waals surface area contributed by atoms with Gasteiger partial charge in [0.2, 0.25) is 0 Å². The first kappa shape index (κ1) is 11.8. The Hall–Kier alpha value is -1.30. The maximum absolute atomic E-state index is 10.4. The van der Waals surface area contributed by atoms with Crippen LogP contribution in [-0.2, 0) is 0 Å². The van der Waals surface area contributed by atoms with Gasteiger partial charge in [0, 0.05) is 11.8 Å². The highest BCUT2D eigenvalue weighted by atomic mass is 16.3. The molecule has 0 saturated heterocycles. The molecule has 0 radical (unpaired) electrons. The van der Waals surface area contributed by atoms with Gasteiger partial charge in [0.05, 0.1) is 11.8 Å². The fourth-order valence-electron chi connectivity index (χ4n) is 1.19. The average Bonchev–Trinajstić information content (AvgIpc) is 2.28. The van der Waals surface area contributed by atoms with Gasteiger partial charge in [-0.3, -0.25) is 9.78 Å². The number of pyridine rings is 1. The van der Waals surface area contributed by atoms with E-state index in [1.807, 2.05) is 0 Å². The Morgan fingerprint density at radius 1 is 1.47 bits per heavy atom. The van der Waals surface area contributed by atoms with Crippen LogP contribution in [0.15, 0.2) is 18.3 Å². The standard InChI is InChI=1S/C10H14N2O3/c11-4-3-9(14)10(15)8-2-1-7(6-13)5-12-8/h1-2,5-6,9-10,14-15H,3-4,11H2. The molecule has 0 saturated carbocycles. The number of carbonyl (C=O) groups excluding carboxylic acids is 1. The van der Waals surface area contributed by atoms with Crippen molar-refractivity contribution in [2.75, 3.05) is 6.54 Å². The SMILES string of the molecule is NCCC(O)C(O)c1ccc(C=O)cn1. The number of aliphatic hydroxyl groups is 2. The molecule has 0 fully saturated rings. The second-order valence-corrected chi connectivity index (χ2v) is 3.22. The molecule has 0 aromatic carbocycles. The van der Waals surface area contributed by atoms with E-state index in [0.29, 0.717) is 30.5 Å². The Morgan fingerprint density at radius 3 is 2.67 bits per heavy atom. The Bertz CT molecular complexity index is 313. The van der Waals surface area contributed by atoms with Gasteiger partial charge in [0.25, 0.3) is 0 Å². The topological polar surface area (TPSA) is 96.4 Å². The predicted molar refractivity (Wildman–Crippen MR) is 54.3 cm³/mol. The molecule has 0 aliphatic carbocycles. The third-order valence-electron chi connectivity index (χ3n) is 2.08. The number of aldehydes is 1. The van der Waals surface area contributed by atoms with Crippen molar-refractivity contribution in [3.63, 3.8) is 0 Å². The van der Waals surface area contributed by atoms with Gasteiger partial charge >= 0.3 is 0 Å². The second-order valence-electron chi connectivity index (χ2n) is 3.22. The average molecular weight is 210 g/mol. The van der Waals surface area contributed by atoms with E-state index in [0.717, 1.165) is 0 Å². The summed E-state index contributed by atoms with van der Waals surface area (Å²) in [5, 5.41) is 19.1. The summed E-state index contributed by atoms with van der Waals surface area (Å²) in [5.41, 5.74) is 6.02. The summed E-state index contributed by atoms with van der Waals surface area (Å²) in [5.74, 6) is 0. The number of hydrogen-bond acceptors (Lipinski definition) is 5. The van der Waals surface area contributed by atoms with Crippen LogP contribution in [-0.4, -0.2) is 34.1 Å². The lowest BCUT2D eigenvalue weighted by atomic mass is 10.1. The summed E-state index contributed by atoms with van der Waals surface area (Å²) in [7, 11) is 0. The first-order chi connectivity index (χ1) is 7.19. The molecule has 2 atom stereocenters. The van der Waals surface area contributed by atoms with Crippen LogP contribution in [0.3, 0.4) is 0 Å². The molecule has 2 unspecified atom stereocenters. The van der Waals surface area contributed by atoms with Crippen LogP contribution >= 0.6 is 0 Å². The third kappa shape index (κ3) is 3.09. The summed E-state index contributed by atoms with van der Waals surface area (Å²) in [6.45, 7) is 0.296. The molecular formula is C10H14N2O3. The smallest absolute Gasteiger partial charge is 0.151 e. The Kier molecular flexibility index (Phi) is 4.36. The van der Waals surface area contributed by atoms with Crippen molar-refractivity contribution in [3.05, 3.63) is 29.6 Å². The van der Waals surface area contributed by atoms with E-state index in [1.54, 1.807) is 0 Å². The maximum Gasteiger partial charge on any atom is 0.151 e. The Morgan fingerprint density at radius 2 is 2.20 bits per heavy atom. The molecule has 1 aromatic heterocycles. The maximum atomic E-state index is 10.4. The molecular weight excluding hydrogens is 196 g/mol. The van der Waals surface area contributed by atoms with E-state index in [9.17, 15) is 15.0 Å². The van der Waals surface area contributed by atoms with Crippen LogP contribution < -0.4 is 5.73 Å².